The molecule has 1 saturated heterocycles. The number of nitrogens with zero attached hydrogens (tertiary/aromatic N) is 1. The van der Waals surface area contributed by atoms with E-state index in [9.17, 15) is 4.79 Å². The lowest BCUT2D eigenvalue weighted by Crippen LogP contribution is -2.34. The summed E-state index contributed by atoms with van der Waals surface area (Å²) in [5.74, 6) is 0.942. The third-order valence-electron chi connectivity index (χ3n) is 5.06. The Hall–Kier alpha value is -2.13. The average Bonchev–Trinajstić information content (AvgIpc) is 2.69. The molecule has 3 heteroatoms. The third kappa shape index (κ3) is 5.43. The fourth-order valence-electron chi connectivity index (χ4n) is 3.52. The predicted octanol–water partition coefficient (Wildman–Crippen LogP) is 4.04. The van der Waals surface area contributed by atoms with Crippen molar-refractivity contribution in [2.24, 2.45) is 5.92 Å². The van der Waals surface area contributed by atoms with E-state index >= 15 is 0 Å². The normalized spacial score (nSPS) is 15.0. The van der Waals surface area contributed by atoms with Gasteiger partial charge >= 0.3 is 0 Å². The van der Waals surface area contributed by atoms with Gasteiger partial charge in [-0.25, -0.2) is 0 Å². The maximum Gasteiger partial charge on any atom is 0.226 e. The van der Waals surface area contributed by atoms with Crippen LogP contribution in [0.5, 0.6) is 0 Å². The zero-order valence-electron chi connectivity index (χ0n) is 14.9. The van der Waals surface area contributed by atoms with Crippen LogP contribution >= 0.6 is 0 Å². The first kappa shape index (κ1) is 17.7. The van der Waals surface area contributed by atoms with Crippen molar-refractivity contribution in [1.82, 2.24) is 5.32 Å². The molecule has 2 aromatic rings. The van der Waals surface area contributed by atoms with Crippen LogP contribution in [0.4, 0.5) is 5.69 Å². The van der Waals surface area contributed by atoms with Crippen LogP contribution in [0.25, 0.3) is 0 Å². The molecule has 2 aromatic carbocycles. The molecular weight excluding hydrogens is 308 g/mol. The highest BCUT2D eigenvalue weighted by Crippen LogP contribution is 2.21. The van der Waals surface area contributed by atoms with Crippen LogP contribution in [0.15, 0.2) is 60.7 Å². The Labute approximate surface area is 151 Å². The molecule has 0 bridgehead atoms. The van der Waals surface area contributed by atoms with Crippen LogP contribution < -0.4 is 10.2 Å². The second kappa shape index (κ2) is 9.38. The van der Waals surface area contributed by atoms with Gasteiger partial charge in [-0.2, -0.15) is 0 Å². The molecule has 1 aliphatic rings. The Kier molecular flexibility index (Phi) is 6.63. The minimum atomic E-state index is 0.251. The van der Waals surface area contributed by atoms with E-state index in [0.717, 1.165) is 38.2 Å². The second-order valence-electron chi connectivity index (χ2n) is 6.85. The molecule has 0 spiro atoms. The summed E-state index contributed by atoms with van der Waals surface area (Å²) < 4.78 is 0. The van der Waals surface area contributed by atoms with E-state index < -0.39 is 0 Å². The lowest BCUT2D eigenvalue weighted by atomic mass is 9.93. The highest BCUT2D eigenvalue weighted by atomic mass is 16.2. The lowest BCUT2D eigenvalue weighted by molar-refractivity contribution is -0.118. The Morgan fingerprint density at radius 1 is 0.960 bits per heavy atom. The van der Waals surface area contributed by atoms with Gasteiger partial charge < -0.3 is 10.2 Å². The van der Waals surface area contributed by atoms with E-state index in [0.29, 0.717) is 12.3 Å². The minimum Gasteiger partial charge on any atom is -0.317 e. The van der Waals surface area contributed by atoms with Crippen LogP contribution in [0, 0.1) is 5.92 Å². The van der Waals surface area contributed by atoms with Crippen molar-refractivity contribution in [3.05, 3.63) is 66.2 Å². The van der Waals surface area contributed by atoms with E-state index in [-0.39, 0.29) is 5.91 Å². The summed E-state index contributed by atoms with van der Waals surface area (Å²) >= 11 is 0. The largest absolute Gasteiger partial charge is 0.317 e. The summed E-state index contributed by atoms with van der Waals surface area (Å²) in [5, 5.41) is 3.39. The molecule has 1 heterocycles. The van der Waals surface area contributed by atoms with Gasteiger partial charge in [0.25, 0.3) is 0 Å². The zero-order valence-corrected chi connectivity index (χ0v) is 14.9. The summed E-state index contributed by atoms with van der Waals surface area (Å²) in [4.78, 5) is 14.9. The molecule has 1 amide bonds. The highest BCUT2D eigenvalue weighted by molar-refractivity contribution is 5.93. The summed E-state index contributed by atoms with van der Waals surface area (Å²) in [6, 6.07) is 20.5. The Bertz CT molecular complexity index is 636. The van der Waals surface area contributed by atoms with E-state index in [1.165, 1.54) is 18.4 Å². The first-order valence-corrected chi connectivity index (χ1v) is 9.43. The topological polar surface area (TPSA) is 32.3 Å². The number of hydrogen-bond donors (Lipinski definition) is 1. The Balaban J connectivity index is 1.62. The predicted molar refractivity (Wildman–Crippen MR) is 104 cm³/mol. The van der Waals surface area contributed by atoms with Crippen molar-refractivity contribution in [2.45, 2.75) is 32.1 Å². The average molecular weight is 336 g/mol. The van der Waals surface area contributed by atoms with Gasteiger partial charge in [0.15, 0.2) is 0 Å². The van der Waals surface area contributed by atoms with E-state index in [4.69, 9.17) is 0 Å². The van der Waals surface area contributed by atoms with Crippen molar-refractivity contribution >= 4 is 11.6 Å². The lowest BCUT2D eigenvalue weighted by Gasteiger charge is -2.26. The number of carbonyl (C=O) groups excluding carboxylic acids is 1. The third-order valence-corrected chi connectivity index (χ3v) is 5.06. The molecule has 3 nitrogen and oxygen atoms in total. The fourth-order valence-corrected chi connectivity index (χ4v) is 3.52. The van der Waals surface area contributed by atoms with Crippen LogP contribution in [-0.2, 0) is 11.2 Å². The molecule has 1 N–H and O–H groups in total. The van der Waals surface area contributed by atoms with Gasteiger partial charge in [0, 0.05) is 18.7 Å². The molecule has 0 atom stereocenters. The van der Waals surface area contributed by atoms with Gasteiger partial charge in [-0.3, -0.25) is 4.79 Å². The number of hydrogen-bond acceptors (Lipinski definition) is 2. The molecule has 3 rings (SSSR count). The second-order valence-corrected chi connectivity index (χ2v) is 6.85. The quantitative estimate of drug-likeness (QED) is 0.827. The first-order chi connectivity index (χ1) is 12.3. The standard InChI is InChI=1S/C22H28N2O/c25-22(12-11-20-13-16-23-17-14-20)24(21-9-5-2-6-10-21)18-15-19-7-3-1-4-8-19/h1-10,20,23H,11-18H2. The number of rotatable bonds is 7. The first-order valence-electron chi connectivity index (χ1n) is 9.43. The van der Waals surface area contributed by atoms with E-state index in [1.54, 1.807) is 0 Å². The number of carbonyl (C=O) groups is 1. The molecule has 132 valence electrons. The van der Waals surface area contributed by atoms with Gasteiger partial charge in [-0.15, -0.1) is 0 Å². The molecule has 25 heavy (non-hydrogen) atoms. The summed E-state index contributed by atoms with van der Waals surface area (Å²) in [7, 11) is 0. The molecule has 0 radical (unpaired) electrons. The fraction of sp³-hybridized carbons (Fsp3) is 0.409. The van der Waals surface area contributed by atoms with Crippen LogP contribution in [-0.4, -0.2) is 25.5 Å². The highest BCUT2D eigenvalue weighted by Gasteiger charge is 2.19. The number of para-hydroxylation sites is 1. The molecule has 0 unspecified atom stereocenters. The Morgan fingerprint density at radius 2 is 1.60 bits per heavy atom. The number of piperidine rings is 1. The van der Waals surface area contributed by atoms with E-state index in [1.807, 2.05) is 41.3 Å². The van der Waals surface area contributed by atoms with Crippen molar-refractivity contribution in [3.63, 3.8) is 0 Å². The van der Waals surface area contributed by atoms with Crippen LogP contribution in [0.1, 0.15) is 31.2 Å². The van der Waals surface area contributed by atoms with Gasteiger partial charge in [-0.1, -0.05) is 48.5 Å². The van der Waals surface area contributed by atoms with Crippen LogP contribution in [0.3, 0.4) is 0 Å². The molecule has 1 aliphatic heterocycles. The monoisotopic (exact) mass is 336 g/mol. The molecule has 0 saturated carbocycles. The summed E-state index contributed by atoms with van der Waals surface area (Å²) in [5.41, 5.74) is 2.28. The van der Waals surface area contributed by atoms with Gasteiger partial charge in [0.05, 0.1) is 0 Å². The minimum absolute atomic E-state index is 0.251. The van der Waals surface area contributed by atoms with Gasteiger partial charge in [0.1, 0.15) is 0 Å². The Morgan fingerprint density at radius 3 is 2.28 bits per heavy atom. The molecule has 1 fully saturated rings. The SMILES string of the molecule is O=C(CCC1CCNCC1)N(CCc1ccccc1)c1ccccc1. The number of anilines is 1. The zero-order chi connectivity index (χ0) is 17.3. The molecule has 0 aromatic heterocycles. The van der Waals surface area contributed by atoms with Gasteiger partial charge in [-0.05, 0) is 62.4 Å². The van der Waals surface area contributed by atoms with Crippen molar-refractivity contribution < 1.29 is 4.79 Å². The van der Waals surface area contributed by atoms with Crippen molar-refractivity contribution in [3.8, 4) is 0 Å². The number of nitrogens with one attached hydrogen (secondary N) is 1. The van der Waals surface area contributed by atoms with Crippen LogP contribution in [0.2, 0.25) is 0 Å². The maximum absolute atomic E-state index is 12.9. The molecule has 0 aliphatic carbocycles. The van der Waals surface area contributed by atoms with Gasteiger partial charge in [0.2, 0.25) is 5.91 Å². The van der Waals surface area contributed by atoms with Crippen molar-refractivity contribution in [2.75, 3.05) is 24.5 Å². The van der Waals surface area contributed by atoms with Crippen molar-refractivity contribution in [1.29, 1.82) is 0 Å². The summed E-state index contributed by atoms with van der Waals surface area (Å²) in [6.07, 6.45) is 4.93. The summed E-state index contributed by atoms with van der Waals surface area (Å²) in [6.45, 7) is 2.92. The number of amides is 1. The molecular formula is C22H28N2O. The number of benzene rings is 2. The van der Waals surface area contributed by atoms with E-state index in [2.05, 4.69) is 29.6 Å². The maximum atomic E-state index is 12.9. The smallest absolute Gasteiger partial charge is 0.226 e.